The molecule has 5 rings (SSSR count). The Bertz CT molecular complexity index is 1020. The zero-order valence-electron chi connectivity index (χ0n) is 19.1. The minimum Gasteiger partial charge on any atom is -0.378 e. The van der Waals surface area contributed by atoms with Crippen molar-refractivity contribution in [1.29, 1.82) is 0 Å². The van der Waals surface area contributed by atoms with E-state index >= 15 is 0 Å². The van der Waals surface area contributed by atoms with Crippen molar-refractivity contribution in [3.63, 3.8) is 0 Å². The van der Waals surface area contributed by atoms with Crippen LogP contribution < -0.4 is 4.90 Å². The number of hydrogen-bond donors (Lipinski definition) is 0. The Morgan fingerprint density at radius 1 is 0.939 bits per heavy atom. The Morgan fingerprint density at radius 3 is 2.52 bits per heavy atom. The van der Waals surface area contributed by atoms with Gasteiger partial charge in [0.05, 0.1) is 31.6 Å². The van der Waals surface area contributed by atoms with Crippen molar-refractivity contribution in [2.24, 2.45) is 0 Å². The monoisotopic (exact) mass is 465 g/mol. The van der Waals surface area contributed by atoms with E-state index in [-0.39, 0.29) is 6.10 Å². The number of morpholine rings is 2. The molecule has 2 aromatic carbocycles. The molecule has 2 fully saturated rings. The highest BCUT2D eigenvalue weighted by Gasteiger charge is 2.25. The first kappa shape index (κ1) is 22.4. The molecule has 1 aromatic heterocycles. The van der Waals surface area contributed by atoms with Crippen molar-refractivity contribution in [2.75, 3.05) is 56.7 Å². The average molecular weight is 466 g/mol. The number of nitrogens with zero attached hydrogens (tertiary/aromatic N) is 5. The van der Waals surface area contributed by atoms with Crippen LogP contribution in [0.15, 0.2) is 59.8 Å². The number of hydrogen-bond acceptors (Lipinski definition) is 7. The molecule has 0 aliphatic carbocycles. The molecule has 0 amide bonds. The first-order chi connectivity index (χ1) is 16.3. The van der Waals surface area contributed by atoms with Gasteiger partial charge in [-0.1, -0.05) is 59.8 Å². The molecular weight excluding hydrogens is 434 g/mol. The van der Waals surface area contributed by atoms with Gasteiger partial charge in [-0.25, -0.2) is 0 Å². The van der Waals surface area contributed by atoms with E-state index in [2.05, 4.69) is 86.1 Å². The fourth-order valence-corrected chi connectivity index (χ4v) is 5.23. The Kier molecular flexibility index (Phi) is 7.26. The zero-order valence-corrected chi connectivity index (χ0v) is 19.9. The van der Waals surface area contributed by atoms with Crippen molar-refractivity contribution >= 4 is 17.7 Å². The molecule has 2 aliphatic heterocycles. The van der Waals surface area contributed by atoms with Crippen LogP contribution in [0, 0.1) is 6.92 Å². The lowest BCUT2D eigenvalue weighted by atomic mass is 10.2. The third-order valence-electron chi connectivity index (χ3n) is 6.07. The average Bonchev–Trinajstić information content (AvgIpc) is 3.29. The molecule has 174 valence electrons. The van der Waals surface area contributed by atoms with Gasteiger partial charge < -0.3 is 14.4 Å². The number of aromatic nitrogens is 3. The van der Waals surface area contributed by atoms with Crippen molar-refractivity contribution in [1.82, 2.24) is 19.7 Å². The second-order valence-corrected chi connectivity index (χ2v) is 9.56. The van der Waals surface area contributed by atoms with Gasteiger partial charge in [-0.3, -0.25) is 9.47 Å². The Hall–Kier alpha value is -2.39. The van der Waals surface area contributed by atoms with Gasteiger partial charge in [0.25, 0.3) is 0 Å². The van der Waals surface area contributed by atoms with E-state index in [0.29, 0.717) is 0 Å². The van der Waals surface area contributed by atoms with Crippen molar-refractivity contribution in [3.8, 4) is 5.69 Å². The standard InChI is InChI=1S/C25H31N5O2S/c1-20-7-9-22(10-8-20)30-24(29-12-14-31-15-13-29)26-27-25(30)33-19-23-18-28(11-16-32-23)17-21-5-3-2-4-6-21/h2-10,23H,11-19H2,1H3. The van der Waals surface area contributed by atoms with Gasteiger partial charge in [-0.2, -0.15) is 0 Å². The van der Waals surface area contributed by atoms with Crippen LogP contribution in [-0.4, -0.2) is 77.5 Å². The minimum absolute atomic E-state index is 0.169. The molecule has 0 radical (unpaired) electrons. The van der Waals surface area contributed by atoms with Gasteiger partial charge >= 0.3 is 0 Å². The fourth-order valence-electron chi connectivity index (χ4n) is 4.28. The van der Waals surface area contributed by atoms with Crippen LogP contribution in [0.4, 0.5) is 5.95 Å². The van der Waals surface area contributed by atoms with Crippen LogP contribution in [0.25, 0.3) is 5.69 Å². The molecule has 33 heavy (non-hydrogen) atoms. The highest BCUT2D eigenvalue weighted by molar-refractivity contribution is 7.99. The maximum Gasteiger partial charge on any atom is 0.232 e. The summed E-state index contributed by atoms with van der Waals surface area (Å²) in [5.41, 5.74) is 3.67. The molecule has 8 heteroatoms. The van der Waals surface area contributed by atoms with Crippen molar-refractivity contribution in [2.45, 2.75) is 24.7 Å². The van der Waals surface area contributed by atoms with E-state index in [1.54, 1.807) is 11.8 Å². The molecule has 0 bridgehead atoms. The van der Waals surface area contributed by atoms with Crippen LogP contribution >= 0.6 is 11.8 Å². The molecule has 2 aliphatic rings. The lowest BCUT2D eigenvalue weighted by Gasteiger charge is -2.32. The van der Waals surface area contributed by atoms with E-state index in [9.17, 15) is 0 Å². The number of benzene rings is 2. The highest BCUT2D eigenvalue weighted by Crippen LogP contribution is 2.28. The number of rotatable bonds is 7. The number of anilines is 1. The summed E-state index contributed by atoms with van der Waals surface area (Å²) in [6.07, 6.45) is 0.169. The first-order valence-corrected chi connectivity index (χ1v) is 12.6. The summed E-state index contributed by atoms with van der Waals surface area (Å²) in [6, 6.07) is 19.2. The summed E-state index contributed by atoms with van der Waals surface area (Å²) in [4.78, 5) is 4.74. The summed E-state index contributed by atoms with van der Waals surface area (Å²) < 4.78 is 13.8. The third kappa shape index (κ3) is 5.58. The number of aryl methyl sites for hydroxylation is 1. The van der Waals surface area contributed by atoms with E-state index < -0.39 is 0 Å². The molecule has 2 saturated heterocycles. The fraction of sp³-hybridized carbons (Fsp3) is 0.440. The van der Waals surface area contributed by atoms with Gasteiger partial charge in [0.1, 0.15) is 0 Å². The maximum atomic E-state index is 6.11. The third-order valence-corrected chi connectivity index (χ3v) is 7.13. The summed E-state index contributed by atoms with van der Waals surface area (Å²) in [5.74, 6) is 1.73. The first-order valence-electron chi connectivity index (χ1n) is 11.6. The predicted octanol–water partition coefficient (Wildman–Crippen LogP) is 3.41. The van der Waals surface area contributed by atoms with E-state index in [4.69, 9.17) is 9.47 Å². The summed E-state index contributed by atoms with van der Waals surface area (Å²) in [6.45, 7) is 8.83. The molecule has 1 atom stereocenters. The molecule has 3 heterocycles. The quantitative estimate of drug-likeness (QED) is 0.496. The summed E-state index contributed by atoms with van der Waals surface area (Å²) in [7, 11) is 0. The molecular formula is C25H31N5O2S. The Labute approximate surface area is 199 Å². The second kappa shape index (κ2) is 10.7. The Morgan fingerprint density at radius 2 is 1.73 bits per heavy atom. The van der Waals surface area contributed by atoms with Crippen LogP contribution in [0.2, 0.25) is 0 Å². The molecule has 1 unspecified atom stereocenters. The minimum atomic E-state index is 0.169. The van der Waals surface area contributed by atoms with Gasteiger partial charge in [0.15, 0.2) is 5.16 Å². The second-order valence-electron chi connectivity index (χ2n) is 8.58. The van der Waals surface area contributed by atoms with Crippen LogP contribution in [0.3, 0.4) is 0 Å². The smallest absolute Gasteiger partial charge is 0.232 e. The topological polar surface area (TPSA) is 55.7 Å². The van der Waals surface area contributed by atoms with Crippen LogP contribution in [0.1, 0.15) is 11.1 Å². The zero-order chi connectivity index (χ0) is 22.5. The van der Waals surface area contributed by atoms with Gasteiger partial charge in [0.2, 0.25) is 5.95 Å². The molecule has 7 nitrogen and oxygen atoms in total. The largest absolute Gasteiger partial charge is 0.378 e. The Balaban J connectivity index is 1.29. The summed E-state index contributed by atoms with van der Waals surface area (Å²) in [5, 5.41) is 10.1. The van der Waals surface area contributed by atoms with E-state index in [0.717, 1.165) is 75.1 Å². The summed E-state index contributed by atoms with van der Waals surface area (Å²) >= 11 is 1.73. The highest BCUT2D eigenvalue weighted by atomic mass is 32.2. The molecule has 0 N–H and O–H groups in total. The molecule has 3 aromatic rings. The van der Waals surface area contributed by atoms with Gasteiger partial charge in [-0.15, -0.1) is 10.2 Å². The normalized spacial score (nSPS) is 19.7. The van der Waals surface area contributed by atoms with E-state index in [1.165, 1.54) is 11.1 Å². The number of thioether (sulfide) groups is 1. The van der Waals surface area contributed by atoms with E-state index in [1.807, 2.05) is 0 Å². The lowest BCUT2D eigenvalue weighted by Crippen LogP contribution is -2.43. The molecule has 0 spiro atoms. The molecule has 0 saturated carbocycles. The maximum absolute atomic E-state index is 6.11. The van der Waals surface area contributed by atoms with Crippen LogP contribution in [-0.2, 0) is 16.0 Å². The van der Waals surface area contributed by atoms with Gasteiger partial charge in [-0.05, 0) is 24.6 Å². The number of ether oxygens (including phenoxy) is 2. The van der Waals surface area contributed by atoms with Crippen molar-refractivity contribution in [3.05, 3.63) is 65.7 Å². The van der Waals surface area contributed by atoms with Crippen molar-refractivity contribution < 1.29 is 9.47 Å². The van der Waals surface area contributed by atoms with Crippen LogP contribution in [0.5, 0.6) is 0 Å². The predicted molar refractivity (Wildman–Crippen MR) is 131 cm³/mol. The van der Waals surface area contributed by atoms with Gasteiger partial charge in [0, 0.05) is 38.5 Å². The lowest BCUT2D eigenvalue weighted by molar-refractivity contribution is -0.0187. The SMILES string of the molecule is Cc1ccc(-n2c(SCC3CN(Cc4ccccc4)CCO3)nnc2N2CCOCC2)cc1.